The number of aromatic nitrogens is 2. The lowest BCUT2D eigenvalue weighted by molar-refractivity contribution is 0.344. The zero-order valence-corrected chi connectivity index (χ0v) is 8.79. The van der Waals surface area contributed by atoms with E-state index < -0.39 is 0 Å². The fourth-order valence-corrected chi connectivity index (χ4v) is 1.56. The highest BCUT2D eigenvalue weighted by Crippen LogP contribution is 2.41. The lowest BCUT2D eigenvalue weighted by Gasteiger charge is -2.00. The van der Waals surface area contributed by atoms with Gasteiger partial charge in [0.15, 0.2) is 5.82 Å². The van der Waals surface area contributed by atoms with Gasteiger partial charge in [-0.1, -0.05) is 19.0 Å². The molecule has 1 saturated carbocycles. The first-order chi connectivity index (χ1) is 6.81. The van der Waals surface area contributed by atoms with Crippen LogP contribution in [0, 0.1) is 5.92 Å². The normalized spacial score (nSPS) is 18.4. The summed E-state index contributed by atoms with van der Waals surface area (Å²) in [5.41, 5.74) is 0. The van der Waals surface area contributed by atoms with E-state index in [1.54, 1.807) is 0 Å². The Balaban J connectivity index is 1.94. The smallest absolute Gasteiger partial charge is 0.229 e. The van der Waals surface area contributed by atoms with Gasteiger partial charge >= 0.3 is 0 Å². The summed E-state index contributed by atoms with van der Waals surface area (Å²) in [5, 5.41) is 7.11. The molecule has 0 aliphatic heterocycles. The number of hydrogen-bond acceptors (Lipinski definition) is 4. The maximum Gasteiger partial charge on any atom is 0.229 e. The lowest BCUT2D eigenvalue weighted by atomic mass is 10.1. The van der Waals surface area contributed by atoms with Gasteiger partial charge in [-0.2, -0.15) is 4.98 Å². The Kier molecular flexibility index (Phi) is 2.82. The molecule has 0 amide bonds. The number of nitrogens with zero attached hydrogens (tertiary/aromatic N) is 2. The Hall–Kier alpha value is -0.900. The zero-order chi connectivity index (χ0) is 9.97. The molecule has 1 aromatic rings. The number of nitrogens with one attached hydrogen (secondary N) is 1. The van der Waals surface area contributed by atoms with E-state index in [1.807, 2.05) is 0 Å². The summed E-state index contributed by atoms with van der Waals surface area (Å²) in [7, 11) is 0. The molecule has 78 valence electrons. The molecule has 1 heterocycles. The highest BCUT2D eigenvalue weighted by Gasteiger charge is 2.32. The first-order valence-corrected chi connectivity index (χ1v) is 5.34. The quantitative estimate of drug-likeness (QED) is 0.776. The van der Waals surface area contributed by atoms with Crippen LogP contribution in [0.5, 0.6) is 0 Å². The van der Waals surface area contributed by atoms with Crippen LogP contribution in [-0.2, 0) is 6.54 Å². The van der Waals surface area contributed by atoms with Gasteiger partial charge in [0.25, 0.3) is 0 Å². The third-order valence-corrected chi connectivity index (χ3v) is 2.74. The minimum Gasteiger partial charge on any atom is -0.339 e. The van der Waals surface area contributed by atoms with E-state index in [9.17, 15) is 0 Å². The van der Waals surface area contributed by atoms with E-state index in [0.717, 1.165) is 24.2 Å². The minimum absolute atomic E-state index is 0.442. The van der Waals surface area contributed by atoms with E-state index >= 15 is 0 Å². The molecule has 4 heteroatoms. The van der Waals surface area contributed by atoms with Crippen LogP contribution in [0.15, 0.2) is 4.52 Å². The molecule has 14 heavy (non-hydrogen) atoms. The van der Waals surface area contributed by atoms with E-state index in [-0.39, 0.29) is 0 Å². The van der Waals surface area contributed by atoms with Gasteiger partial charge in [0.2, 0.25) is 5.89 Å². The topological polar surface area (TPSA) is 51.0 Å². The van der Waals surface area contributed by atoms with Crippen molar-refractivity contribution in [2.24, 2.45) is 5.92 Å². The molecule has 0 aromatic carbocycles. The van der Waals surface area contributed by atoms with E-state index in [4.69, 9.17) is 4.52 Å². The average Bonchev–Trinajstić information content (AvgIpc) is 2.94. The average molecular weight is 195 g/mol. The Morgan fingerprint density at radius 3 is 3.00 bits per heavy atom. The van der Waals surface area contributed by atoms with Crippen LogP contribution in [0.2, 0.25) is 0 Å². The maximum atomic E-state index is 5.22. The van der Waals surface area contributed by atoms with Crippen molar-refractivity contribution < 1.29 is 4.52 Å². The molecule has 1 fully saturated rings. The molecule has 4 nitrogen and oxygen atoms in total. The van der Waals surface area contributed by atoms with Crippen molar-refractivity contribution in [3.8, 4) is 0 Å². The summed E-state index contributed by atoms with van der Waals surface area (Å²) in [6.45, 7) is 5.87. The van der Waals surface area contributed by atoms with E-state index in [2.05, 4.69) is 29.3 Å². The Morgan fingerprint density at radius 2 is 2.36 bits per heavy atom. The van der Waals surface area contributed by atoms with Crippen LogP contribution in [0.3, 0.4) is 0 Å². The predicted octanol–water partition coefficient (Wildman–Crippen LogP) is 1.69. The van der Waals surface area contributed by atoms with Gasteiger partial charge in [-0.15, -0.1) is 0 Å². The lowest BCUT2D eigenvalue weighted by Crippen LogP contribution is -2.12. The van der Waals surface area contributed by atoms with Gasteiger partial charge in [0.1, 0.15) is 0 Å². The first-order valence-electron chi connectivity index (χ1n) is 5.34. The minimum atomic E-state index is 0.442. The van der Waals surface area contributed by atoms with Crippen LogP contribution < -0.4 is 5.32 Å². The van der Waals surface area contributed by atoms with E-state index in [0.29, 0.717) is 12.5 Å². The molecule has 0 saturated heterocycles. The molecule has 0 bridgehead atoms. The predicted molar refractivity (Wildman–Crippen MR) is 52.8 cm³/mol. The van der Waals surface area contributed by atoms with Crippen molar-refractivity contribution >= 4 is 0 Å². The maximum absolute atomic E-state index is 5.22. The van der Waals surface area contributed by atoms with Crippen molar-refractivity contribution in [1.82, 2.24) is 15.5 Å². The van der Waals surface area contributed by atoms with Crippen molar-refractivity contribution in [1.29, 1.82) is 0 Å². The molecule has 1 atom stereocenters. The highest BCUT2D eigenvalue weighted by molar-refractivity contribution is 4.98. The van der Waals surface area contributed by atoms with Gasteiger partial charge in [-0.05, 0) is 25.3 Å². The van der Waals surface area contributed by atoms with Crippen molar-refractivity contribution in [3.63, 3.8) is 0 Å². The molecule has 1 unspecified atom stereocenters. The first kappa shape index (κ1) is 9.65. The summed E-state index contributed by atoms with van der Waals surface area (Å²) >= 11 is 0. The molecule has 1 aromatic heterocycles. The number of rotatable bonds is 5. The fourth-order valence-electron chi connectivity index (χ4n) is 1.56. The molecular weight excluding hydrogens is 178 g/mol. The largest absolute Gasteiger partial charge is 0.339 e. The Labute approximate surface area is 84.1 Å². The van der Waals surface area contributed by atoms with Crippen LogP contribution in [0.1, 0.15) is 44.3 Å². The molecule has 1 aliphatic rings. The summed E-state index contributed by atoms with van der Waals surface area (Å²) < 4.78 is 5.22. The standard InChI is InChI=1S/C10H17N3O/c1-3-11-6-9-12-10(14-13-9)7(2)8-4-5-8/h7-8,11H,3-6H2,1-2H3. The molecule has 2 rings (SSSR count). The second-order valence-electron chi connectivity index (χ2n) is 3.96. The number of hydrogen-bond donors (Lipinski definition) is 1. The van der Waals surface area contributed by atoms with Crippen LogP contribution in [-0.4, -0.2) is 16.7 Å². The summed E-state index contributed by atoms with van der Waals surface area (Å²) in [6.07, 6.45) is 2.62. The summed E-state index contributed by atoms with van der Waals surface area (Å²) in [4.78, 5) is 4.37. The fraction of sp³-hybridized carbons (Fsp3) is 0.800. The van der Waals surface area contributed by atoms with Gasteiger partial charge in [0, 0.05) is 5.92 Å². The zero-order valence-electron chi connectivity index (χ0n) is 8.79. The molecule has 1 aliphatic carbocycles. The van der Waals surface area contributed by atoms with Crippen molar-refractivity contribution in [2.45, 2.75) is 39.2 Å². The van der Waals surface area contributed by atoms with E-state index in [1.165, 1.54) is 12.8 Å². The Morgan fingerprint density at radius 1 is 1.57 bits per heavy atom. The van der Waals surface area contributed by atoms with Gasteiger partial charge < -0.3 is 9.84 Å². The van der Waals surface area contributed by atoms with Gasteiger partial charge in [-0.25, -0.2) is 0 Å². The monoisotopic (exact) mass is 195 g/mol. The van der Waals surface area contributed by atoms with Crippen LogP contribution >= 0.6 is 0 Å². The molecule has 0 radical (unpaired) electrons. The SMILES string of the molecule is CCNCc1noc(C(C)C2CC2)n1. The summed E-state index contributed by atoms with van der Waals surface area (Å²) in [6, 6.07) is 0. The second kappa shape index (κ2) is 4.09. The van der Waals surface area contributed by atoms with Gasteiger partial charge in [0.05, 0.1) is 6.54 Å². The van der Waals surface area contributed by atoms with Crippen molar-refractivity contribution in [3.05, 3.63) is 11.7 Å². The van der Waals surface area contributed by atoms with Crippen LogP contribution in [0.25, 0.3) is 0 Å². The highest BCUT2D eigenvalue weighted by atomic mass is 16.5. The van der Waals surface area contributed by atoms with Gasteiger partial charge in [-0.3, -0.25) is 0 Å². The Bertz CT molecular complexity index is 293. The second-order valence-corrected chi connectivity index (χ2v) is 3.96. The van der Waals surface area contributed by atoms with Crippen molar-refractivity contribution in [2.75, 3.05) is 6.54 Å². The van der Waals surface area contributed by atoms with Crippen LogP contribution in [0.4, 0.5) is 0 Å². The molecule has 1 N–H and O–H groups in total. The third kappa shape index (κ3) is 2.12. The molecular formula is C10H17N3O. The summed E-state index contributed by atoms with van der Waals surface area (Å²) in [5.74, 6) is 2.80. The molecule has 0 spiro atoms. The third-order valence-electron chi connectivity index (χ3n) is 2.74.